The lowest BCUT2D eigenvalue weighted by Crippen LogP contribution is -2.42. The maximum absolute atomic E-state index is 5.84. The summed E-state index contributed by atoms with van der Waals surface area (Å²) in [6.07, 6.45) is 11.9. The summed E-state index contributed by atoms with van der Waals surface area (Å²) in [7, 11) is 0. The van der Waals surface area contributed by atoms with Gasteiger partial charge in [0.25, 0.3) is 0 Å². The van der Waals surface area contributed by atoms with Crippen LogP contribution in [0.15, 0.2) is 0 Å². The second kappa shape index (κ2) is 11.3. The monoisotopic (exact) mass is 261 g/mol. The van der Waals surface area contributed by atoms with Crippen molar-refractivity contribution in [1.82, 2.24) is 5.32 Å². The molecule has 2 heteroatoms. The summed E-state index contributed by atoms with van der Waals surface area (Å²) in [5, 5.41) is 3.66. The predicted octanol–water partition coefficient (Wildman–Crippen LogP) is 5.12. The minimum absolute atomic E-state index is 0.254. The zero-order chi connectivity index (χ0) is 13.0. The third kappa shape index (κ3) is 9.91. The van der Waals surface area contributed by atoms with E-state index in [1.807, 2.05) is 0 Å². The Bertz CT molecular complexity index is 161. The van der Waals surface area contributed by atoms with Gasteiger partial charge < -0.3 is 5.32 Å². The van der Waals surface area contributed by atoms with Gasteiger partial charge in [-0.05, 0) is 32.7 Å². The van der Waals surface area contributed by atoms with Gasteiger partial charge in [-0.25, -0.2) is 0 Å². The number of nitrogens with one attached hydrogen (secondary N) is 1. The normalized spacial score (nSPS) is 14.8. The van der Waals surface area contributed by atoms with Gasteiger partial charge in [0.05, 0.1) is 0 Å². The third-order valence-corrected chi connectivity index (χ3v) is 3.95. The zero-order valence-electron chi connectivity index (χ0n) is 12.2. The van der Waals surface area contributed by atoms with Gasteiger partial charge in [-0.15, -0.1) is 11.6 Å². The molecule has 0 radical (unpaired) electrons. The standard InChI is InChI=1S/C15H32ClN/c1-4-6-7-8-9-10-11-14-17-15(3,5-2)12-13-16/h17H,4-14H2,1-3H3. The molecule has 0 spiro atoms. The lowest BCUT2D eigenvalue weighted by Gasteiger charge is -2.29. The fourth-order valence-electron chi connectivity index (χ4n) is 2.07. The van der Waals surface area contributed by atoms with Crippen molar-refractivity contribution in [3.05, 3.63) is 0 Å². The van der Waals surface area contributed by atoms with Crippen LogP contribution < -0.4 is 5.32 Å². The third-order valence-electron chi connectivity index (χ3n) is 3.76. The highest BCUT2D eigenvalue weighted by molar-refractivity contribution is 6.17. The first-order valence-electron chi connectivity index (χ1n) is 7.49. The molecule has 0 fully saturated rings. The Kier molecular flexibility index (Phi) is 11.5. The van der Waals surface area contributed by atoms with E-state index < -0.39 is 0 Å². The van der Waals surface area contributed by atoms with Crippen LogP contribution in [0.25, 0.3) is 0 Å². The summed E-state index contributed by atoms with van der Waals surface area (Å²) in [5.41, 5.74) is 0.254. The molecule has 0 aromatic heterocycles. The maximum atomic E-state index is 5.84. The molecule has 0 rings (SSSR count). The van der Waals surface area contributed by atoms with Crippen LogP contribution in [0.4, 0.5) is 0 Å². The second-order valence-electron chi connectivity index (χ2n) is 5.40. The molecule has 0 bridgehead atoms. The van der Waals surface area contributed by atoms with Crippen LogP contribution in [0.3, 0.4) is 0 Å². The fraction of sp³-hybridized carbons (Fsp3) is 1.00. The quantitative estimate of drug-likeness (QED) is 0.380. The zero-order valence-corrected chi connectivity index (χ0v) is 12.9. The largest absolute Gasteiger partial charge is 0.311 e. The summed E-state index contributed by atoms with van der Waals surface area (Å²) >= 11 is 5.84. The van der Waals surface area contributed by atoms with E-state index in [2.05, 4.69) is 26.1 Å². The van der Waals surface area contributed by atoms with Gasteiger partial charge in [-0.2, -0.15) is 0 Å². The average Bonchev–Trinajstić information content (AvgIpc) is 2.33. The molecule has 0 aliphatic heterocycles. The summed E-state index contributed by atoms with van der Waals surface area (Å²) in [5.74, 6) is 0.758. The molecule has 1 unspecified atom stereocenters. The van der Waals surface area contributed by atoms with E-state index in [1.165, 1.54) is 44.9 Å². The SMILES string of the molecule is CCCCCCCCCNC(C)(CC)CCCl. The fourth-order valence-corrected chi connectivity index (χ4v) is 2.49. The first-order chi connectivity index (χ1) is 8.18. The Balaban J connectivity index is 3.37. The van der Waals surface area contributed by atoms with Crippen molar-refractivity contribution in [2.24, 2.45) is 0 Å². The molecule has 1 N–H and O–H groups in total. The molecule has 0 saturated heterocycles. The first kappa shape index (κ1) is 17.2. The molecule has 0 aliphatic carbocycles. The molecule has 1 nitrogen and oxygen atoms in total. The van der Waals surface area contributed by atoms with E-state index in [0.717, 1.165) is 25.3 Å². The van der Waals surface area contributed by atoms with Crippen molar-refractivity contribution in [2.45, 2.75) is 84.1 Å². The molecule has 17 heavy (non-hydrogen) atoms. The Hall–Kier alpha value is 0.250. The number of halogens is 1. The van der Waals surface area contributed by atoms with Crippen LogP contribution in [-0.4, -0.2) is 18.0 Å². The van der Waals surface area contributed by atoms with Crippen LogP contribution in [-0.2, 0) is 0 Å². The molecular formula is C15H32ClN. The molecule has 0 saturated carbocycles. The van der Waals surface area contributed by atoms with Crippen LogP contribution in [0.5, 0.6) is 0 Å². The summed E-state index contributed by atoms with van der Waals surface area (Å²) in [6, 6.07) is 0. The highest BCUT2D eigenvalue weighted by Gasteiger charge is 2.19. The molecule has 0 heterocycles. The number of hydrogen-bond donors (Lipinski definition) is 1. The van der Waals surface area contributed by atoms with E-state index in [0.29, 0.717) is 0 Å². The molecule has 0 aromatic rings. The second-order valence-corrected chi connectivity index (χ2v) is 5.78. The summed E-state index contributed by atoms with van der Waals surface area (Å²) in [4.78, 5) is 0. The van der Waals surface area contributed by atoms with Gasteiger partial charge in [0.1, 0.15) is 0 Å². The number of hydrogen-bond acceptors (Lipinski definition) is 1. The lowest BCUT2D eigenvalue weighted by molar-refractivity contribution is 0.329. The first-order valence-corrected chi connectivity index (χ1v) is 8.03. The van der Waals surface area contributed by atoms with Crippen LogP contribution >= 0.6 is 11.6 Å². The summed E-state index contributed by atoms with van der Waals surface area (Å²) in [6.45, 7) is 7.95. The van der Waals surface area contributed by atoms with Gasteiger partial charge in [-0.3, -0.25) is 0 Å². The topological polar surface area (TPSA) is 12.0 Å². The predicted molar refractivity (Wildman–Crippen MR) is 80.0 cm³/mol. The van der Waals surface area contributed by atoms with Crippen molar-refractivity contribution in [3.63, 3.8) is 0 Å². The summed E-state index contributed by atoms with van der Waals surface area (Å²) < 4.78 is 0. The average molecular weight is 262 g/mol. The minimum Gasteiger partial charge on any atom is -0.311 e. The van der Waals surface area contributed by atoms with Gasteiger partial charge >= 0.3 is 0 Å². The highest BCUT2D eigenvalue weighted by atomic mass is 35.5. The van der Waals surface area contributed by atoms with E-state index in [4.69, 9.17) is 11.6 Å². The van der Waals surface area contributed by atoms with Crippen molar-refractivity contribution in [2.75, 3.05) is 12.4 Å². The Morgan fingerprint density at radius 1 is 0.941 bits per heavy atom. The number of unbranched alkanes of at least 4 members (excludes halogenated alkanes) is 6. The molecule has 0 aromatic carbocycles. The molecule has 0 aliphatic rings. The molecule has 0 amide bonds. The van der Waals surface area contributed by atoms with Crippen LogP contribution in [0.1, 0.15) is 78.6 Å². The maximum Gasteiger partial charge on any atom is 0.0240 e. The molecule has 1 atom stereocenters. The van der Waals surface area contributed by atoms with Crippen LogP contribution in [0.2, 0.25) is 0 Å². The lowest BCUT2D eigenvalue weighted by atomic mass is 9.95. The Morgan fingerprint density at radius 3 is 2.06 bits per heavy atom. The van der Waals surface area contributed by atoms with Crippen molar-refractivity contribution >= 4 is 11.6 Å². The smallest absolute Gasteiger partial charge is 0.0240 e. The van der Waals surface area contributed by atoms with Gasteiger partial charge in [-0.1, -0.05) is 52.4 Å². The van der Waals surface area contributed by atoms with Gasteiger partial charge in [0, 0.05) is 11.4 Å². The number of rotatable bonds is 12. The van der Waals surface area contributed by atoms with Crippen molar-refractivity contribution in [3.8, 4) is 0 Å². The molecule has 104 valence electrons. The van der Waals surface area contributed by atoms with Gasteiger partial charge in [0.15, 0.2) is 0 Å². The van der Waals surface area contributed by atoms with E-state index in [-0.39, 0.29) is 5.54 Å². The molecular weight excluding hydrogens is 230 g/mol. The Morgan fingerprint density at radius 2 is 1.53 bits per heavy atom. The number of alkyl halides is 1. The van der Waals surface area contributed by atoms with E-state index in [1.54, 1.807) is 0 Å². The van der Waals surface area contributed by atoms with Gasteiger partial charge in [0.2, 0.25) is 0 Å². The highest BCUT2D eigenvalue weighted by Crippen LogP contribution is 2.15. The van der Waals surface area contributed by atoms with Crippen molar-refractivity contribution < 1.29 is 0 Å². The Labute approximate surface area is 114 Å². The van der Waals surface area contributed by atoms with Crippen molar-refractivity contribution in [1.29, 1.82) is 0 Å². The minimum atomic E-state index is 0.254. The van der Waals surface area contributed by atoms with E-state index in [9.17, 15) is 0 Å². The van der Waals surface area contributed by atoms with Crippen LogP contribution in [0, 0.1) is 0 Å². The van der Waals surface area contributed by atoms with E-state index >= 15 is 0 Å².